The molecule has 3 rings (SSSR count). The fraction of sp³-hybridized carbons (Fsp3) is 0.417. The van der Waals surface area contributed by atoms with E-state index < -0.39 is 0 Å². The van der Waals surface area contributed by atoms with Gasteiger partial charge in [0.25, 0.3) is 5.91 Å². The lowest BCUT2D eigenvalue weighted by Gasteiger charge is -2.18. The van der Waals surface area contributed by atoms with Crippen LogP contribution in [0.5, 0.6) is 0 Å². The zero-order valence-electron chi connectivity index (χ0n) is 8.50. The Kier molecular flexibility index (Phi) is 1.26. The van der Waals surface area contributed by atoms with E-state index >= 15 is 0 Å². The van der Waals surface area contributed by atoms with Crippen LogP contribution in [0.25, 0.3) is 0 Å². The van der Waals surface area contributed by atoms with Gasteiger partial charge in [0.1, 0.15) is 0 Å². The summed E-state index contributed by atoms with van der Waals surface area (Å²) >= 11 is 0. The summed E-state index contributed by atoms with van der Waals surface area (Å²) in [5.41, 5.74) is 3.42. The van der Waals surface area contributed by atoms with Crippen molar-refractivity contribution < 1.29 is 4.79 Å². The van der Waals surface area contributed by atoms with Gasteiger partial charge in [-0.15, -0.1) is 0 Å². The summed E-state index contributed by atoms with van der Waals surface area (Å²) in [7, 11) is 1.92. The summed E-state index contributed by atoms with van der Waals surface area (Å²) in [4.78, 5) is 13.8. The molecule has 0 saturated heterocycles. The normalized spacial score (nSPS) is 21.6. The number of fused-ring (bicyclic) bond motifs is 2. The predicted octanol–water partition coefficient (Wildman–Crippen LogP) is 2.07. The summed E-state index contributed by atoms with van der Waals surface area (Å²) in [5, 5.41) is 0. The Balaban J connectivity index is 2.26. The van der Waals surface area contributed by atoms with Crippen LogP contribution in [0.4, 0.5) is 0 Å². The zero-order valence-corrected chi connectivity index (χ0v) is 8.50. The molecule has 1 amide bonds. The van der Waals surface area contributed by atoms with Gasteiger partial charge in [0.15, 0.2) is 0 Å². The van der Waals surface area contributed by atoms with Gasteiger partial charge in [-0.3, -0.25) is 4.79 Å². The van der Waals surface area contributed by atoms with E-state index in [-0.39, 0.29) is 11.4 Å². The first-order valence-corrected chi connectivity index (χ1v) is 5.04. The molecule has 14 heavy (non-hydrogen) atoms. The quantitative estimate of drug-likeness (QED) is 0.609. The van der Waals surface area contributed by atoms with Gasteiger partial charge in [-0.1, -0.05) is 17.7 Å². The molecule has 0 bridgehead atoms. The fourth-order valence-corrected chi connectivity index (χ4v) is 2.52. The first-order chi connectivity index (χ1) is 6.65. The Hall–Kier alpha value is -1.31. The van der Waals surface area contributed by atoms with Gasteiger partial charge in [0, 0.05) is 12.6 Å². The third-order valence-corrected chi connectivity index (χ3v) is 3.58. The molecular formula is C12H13NO. The van der Waals surface area contributed by atoms with E-state index in [0.29, 0.717) is 0 Å². The summed E-state index contributed by atoms with van der Waals surface area (Å²) < 4.78 is 0. The van der Waals surface area contributed by atoms with Crippen molar-refractivity contribution in [3.8, 4) is 0 Å². The van der Waals surface area contributed by atoms with E-state index in [1.807, 2.05) is 24.9 Å². The van der Waals surface area contributed by atoms with Crippen molar-refractivity contribution >= 4 is 5.91 Å². The van der Waals surface area contributed by atoms with E-state index in [1.165, 1.54) is 11.1 Å². The number of benzene rings is 1. The van der Waals surface area contributed by atoms with Crippen LogP contribution in [-0.4, -0.2) is 17.9 Å². The highest BCUT2D eigenvalue weighted by molar-refractivity contribution is 6.00. The minimum absolute atomic E-state index is 0.0834. The van der Waals surface area contributed by atoms with Crippen LogP contribution >= 0.6 is 0 Å². The zero-order chi connectivity index (χ0) is 9.92. The Bertz CT molecular complexity index is 432. The second-order valence-electron chi connectivity index (χ2n) is 4.44. The van der Waals surface area contributed by atoms with Gasteiger partial charge >= 0.3 is 0 Å². The van der Waals surface area contributed by atoms with Crippen molar-refractivity contribution in [1.29, 1.82) is 0 Å². The monoisotopic (exact) mass is 187 g/mol. The maximum Gasteiger partial charge on any atom is 0.254 e. The van der Waals surface area contributed by atoms with Crippen LogP contribution in [0.15, 0.2) is 18.2 Å². The fourth-order valence-electron chi connectivity index (χ4n) is 2.52. The molecular weight excluding hydrogens is 174 g/mol. The van der Waals surface area contributed by atoms with Crippen molar-refractivity contribution in [1.82, 2.24) is 4.90 Å². The Morgan fingerprint density at radius 1 is 1.36 bits per heavy atom. The van der Waals surface area contributed by atoms with Crippen LogP contribution in [0, 0.1) is 6.92 Å². The van der Waals surface area contributed by atoms with Crippen molar-refractivity contribution in [2.75, 3.05) is 7.05 Å². The lowest BCUT2D eigenvalue weighted by Crippen LogP contribution is -2.28. The van der Waals surface area contributed by atoms with E-state index in [1.54, 1.807) is 0 Å². The molecule has 1 spiro atoms. The Morgan fingerprint density at radius 2 is 2.07 bits per heavy atom. The SMILES string of the molecule is Cc1ccc2c(c1)C(=O)N(C)C21CC1. The topological polar surface area (TPSA) is 20.3 Å². The molecule has 1 fully saturated rings. The molecule has 1 saturated carbocycles. The summed E-state index contributed by atoms with van der Waals surface area (Å²) in [5.74, 6) is 0.196. The number of amides is 1. The van der Waals surface area contributed by atoms with Gasteiger partial charge in [-0.2, -0.15) is 0 Å². The molecule has 1 aliphatic carbocycles. The first-order valence-electron chi connectivity index (χ1n) is 5.04. The highest BCUT2D eigenvalue weighted by Gasteiger charge is 2.56. The standard InChI is InChI=1S/C12H13NO/c1-8-3-4-10-9(7-8)11(14)13(2)12(10)5-6-12/h3-4,7H,5-6H2,1-2H3. The number of nitrogens with zero attached hydrogens (tertiary/aromatic N) is 1. The highest BCUT2D eigenvalue weighted by Crippen LogP contribution is 2.55. The largest absolute Gasteiger partial charge is 0.332 e. The van der Waals surface area contributed by atoms with Crippen LogP contribution in [0.3, 0.4) is 0 Å². The molecule has 2 heteroatoms. The summed E-state index contributed by atoms with van der Waals surface area (Å²) in [6, 6.07) is 6.24. The van der Waals surface area contributed by atoms with Gasteiger partial charge in [0.2, 0.25) is 0 Å². The Morgan fingerprint density at radius 3 is 2.71 bits per heavy atom. The third-order valence-electron chi connectivity index (χ3n) is 3.58. The average Bonchev–Trinajstić information content (AvgIpc) is 2.93. The molecule has 1 aromatic carbocycles. The van der Waals surface area contributed by atoms with E-state index in [2.05, 4.69) is 12.1 Å². The molecule has 0 radical (unpaired) electrons. The Labute approximate surface area is 83.5 Å². The van der Waals surface area contributed by atoms with Crippen LogP contribution < -0.4 is 0 Å². The van der Waals surface area contributed by atoms with Crippen molar-refractivity contribution in [2.45, 2.75) is 25.3 Å². The smallest absolute Gasteiger partial charge is 0.254 e. The first kappa shape index (κ1) is 8.04. The van der Waals surface area contributed by atoms with Crippen molar-refractivity contribution in [2.24, 2.45) is 0 Å². The summed E-state index contributed by atoms with van der Waals surface area (Å²) in [6.07, 6.45) is 2.26. The van der Waals surface area contributed by atoms with Gasteiger partial charge < -0.3 is 4.90 Å². The molecule has 1 heterocycles. The minimum atomic E-state index is 0.0834. The second kappa shape index (κ2) is 2.19. The molecule has 2 aliphatic rings. The number of carbonyl (C=O) groups is 1. The number of rotatable bonds is 0. The number of carbonyl (C=O) groups excluding carboxylic acids is 1. The van der Waals surface area contributed by atoms with E-state index in [9.17, 15) is 4.79 Å². The van der Waals surface area contributed by atoms with Crippen LogP contribution in [0.1, 0.15) is 34.3 Å². The average molecular weight is 187 g/mol. The molecule has 0 unspecified atom stereocenters. The van der Waals surface area contributed by atoms with Crippen molar-refractivity contribution in [3.05, 3.63) is 34.9 Å². The van der Waals surface area contributed by atoms with E-state index in [4.69, 9.17) is 0 Å². The predicted molar refractivity (Wildman–Crippen MR) is 54.2 cm³/mol. The summed E-state index contributed by atoms with van der Waals surface area (Å²) in [6.45, 7) is 2.03. The van der Waals surface area contributed by atoms with Gasteiger partial charge in [-0.25, -0.2) is 0 Å². The highest BCUT2D eigenvalue weighted by atomic mass is 16.2. The molecule has 72 valence electrons. The van der Waals surface area contributed by atoms with Gasteiger partial charge in [0.05, 0.1) is 5.54 Å². The molecule has 0 atom stereocenters. The molecule has 1 aliphatic heterocycles. The second-order valence-corrected chi connectivity index (χ2v) is 4.44. The van der Waals surface area contributed by atoms with Gasteiger partial charge in [-0.05, 0) is 31.4 Å². The number of aryl methyl sites for hydroxylation is 1. The lowest BCUT2D eigenvalue weighted by molar-refractivity contribution is 0.0755. The maximum atomic E-state index is 11.9. The van der Waals surface area contributed by atoms with E-state index in [0.717, 1.165) is 18.4 Å². The number of hydrogen-bond donors (Lipinski definition) is 0. The maximum absolute atomic E-state index is 11.9. The lowest BCUT2D eigenvalue weighted by atomic mass is 10.0. The third kappa shape index (κ3) is 0.746. The molecule has 0 aromatic heterocycles. The molecule has 2 nitrogen and oxygen atoms in total. The van der Waals surface area contributed by atoms with Crippen LogP contribution in [-0.2, 0) is 5.54 Å². The molecule has 0 N–H and O–H groups in total. The number of hydrogen-bond acceptors (Lipinski definition) is 1. The minimum Gasteiger partial charge on any atom is -0.332 e. The molecule has 1 aromatic rings. The van der Waals surface area contributed by atoms with Crippen molar-refractivity contribution in [3.63, 3.8) is 0 Å². The van der Waals surface area contributed by atoms with Crippen LogP contribution in [0.2, 0.25) is 0 Å².